The number of benzene rings is 1. The van der Waals surface area contributed by atoms with E-state index in [2.05, 4.69) is 5.32 Å². The van der Waals surface area contributed by atoms with Crippen LogP contribution in [0.1, 0.15) is 39.5 Å². The molecule has 0 spiro atoms. The normalized spacial score (nSPS) is 34.2. The van der Waals surface area contributed by atoms with E-state index >= 15 is 0 Å². The van der Waals surface area contributed by atoms with Crippen molar-refractivity contribution in [2.24, 2.45) is 11.7 Å². The third-order valence-electron chi connectivity index (χ3n) is 5.27. The van der Waals surface area contributed by atoms with E-state index in [4.69, 9.17) is 10.5 Å². The molecule has 1 aromatic rings. The lowest BCUT2D eigenvalue weighted by atomic mass is 9.86. The van der Waals surface area contributed by atoms with Gasteiger partial charge in [0.15, 0.2) is 6.30 Å². The zero-order valence-corrected chi connectivity index (χ0v) is 14.7. The van der Waals surface area contributed by atoms with Gasteiger partial charge < -0.3 is 20.7 Å². The van der Waals surface area contributed by atoms with Crippen molar-refractivity contribution in [3.8, 4) is 0 Å². The first-order valence-electron chi connectivity index (χ1n) is 9.18. The highest BCUT2D eigenvalue weighted by atomic mass is 19.1. The molecular formula is C19H30FN3O. The molecule has 0 amide bonds. The molecule has 0 bridgehead atoms. The van der Waals surface area contributed by atoms with Crippen LogP contribution in [0.15, 0.2) is 24.3 Å². The van der Waals surface area contributed by atoms with E-state index in [0.29, 0.717) is 18.5 Å². The molecule has 1 aromatic carbocycles. The van der Waals surface area contributed by atoms with Crippen LogP contribution in [-0.4, -0.2) is 37.6 Å². The molecule has 5 heteroatoms. The highest BCUT2D eigenvalue weighted by molar-refractivity contribution is 5.55. The van der Waals surface area contributed by atoms with Gasteiger partial charge in [-0.25, -0.2) is 4.39 Å². The Morgan fingerprint density at radius 3 is 2.50 bits per heavy atom. The van der Waals surface area contributed by atoms with Crippen molar-refractivity contribution >= 4 is 11.4 Å². The minimum absolute atomic E-state index is 0.0440. The van der Waals surface area contributed by atoms with Gasteiger partial charge in [0.1, 0.15) is 6.10 Å². The van der Waals surface area contributed by atoms with Gasteiger partial charge in [-0.3, -0.25) is 0 Å². The second-order valence-electron chi connectivity index (χ2n) is 7.39. The zero-order chi connectivity index (χ0) is 17.1. The summed E-state index contributed by atoms with van der Waals surface area (Å²) in [4.78, 5) is 1.80. The van der Waals surface area contributed by atoms with E-state index in [1.165, 1.54) is 12.8 Å². The van der Waals surface area contributed by atoms with Crippen LogP contribution in [0.4, 0.5) is 15.8 Å². The van der Waals surface area contributed by atoms with Crippen LogP contribution in [0.3, 0.4) is 0 Å². The highest BCUT2D eigenvalue weighted by Gasteiger charge is 2.32. The number of hydrogen-bond acceptors (Lipinski definition) is 4. The Labute approximate surface area is 144 Å². The number of anilines is 2. The first kappa shape index (κ1) is 17.5. The van der Waals surface area contributed by atoms with Crippen LogP contribution >= 0.6 is 0 Å². The maximum Gasteiger partial charge on any atom is 0.198 e. The largest absolute Gasteiger partial charge is 0.385 e. The third kappa shape index (κ3) is 4.19. The number of rotatable bonds is 4. The van der Waals surface area contributed by atoms with Gasteiger partial charge in [-0.15, -0.1) is 0 Å². The molecule has 1 saturated carbocycles. The van der Waals surface area contributed by atoms with Crippen LogP contribution in [0.2, 0.25) is 0 Å². The molecule has 3 atom stereocenters. The molecule has 2 aliphatic rings. The monoisotopic (exact) mass is 335 g/mol. The summed E-state index contributed by atoms with van der Waals surface area (Å²) >= 11 is 0. The van der Waals surface area contributed by atoms with Crippen LogP contribution in [0.5, 0.6) is 0 Å². The summed E-state index contributed by atoms with van der Waals surface area (Å²) in [5.74, 6) is 0.709. The fourth-order valence-corrected chi connectivity index (χ4v) is 3.78. The number of alkyl halides is 1. The Bertz CT molecular complexity index is 516. The molecule has 2 fully saturated rings. The van der Waals surface area contributed by atoms with Gasteiger partial charge in [0.05, 0.1) is 6.10 Å². The summed E-state index contributed by atoms with van der Waals surface area (Å²) < 4.78 is 19.9. The molecule has 1 aliphatic carbocycles. The number of nitrogens with one attached hydrogen (secondary N) is 1. The molecule has 0 aromatic heterocycles. The number of hydrogen-bond donors (Lipinski definition) is 2. The molecular weight excluding hydrogens is 305 g/mol. The molecule has 0 radical (unpaired) electrons. The van der Waals surface area contributed by atoms with Crippen LogP contribution in [-0.2, 0) is 4.74 Å². The Hall–Kier alpha value is -1.33. The lowest BCUT2D eigenvalue weighted by molar-refractivity contribution is -0.0614. The van der Waals surface area contributed by atoms with Crippen molar-refractivity contribution in [2.75, 3.05) is 23.3 Å². The van der Waals surface area contributed by atoms with Crippen molar-refractivity contribution in [3.63, 3.8) is 0 Å². The summed E-state index contributed by atoms with van der Waals surface area (Å²) in [7, 11) is 0. The maximum absolute atomic E-state index is 14.4. The first-order valence-corrected chi connectivity index (χ1v) is 9.18. The third-order valence-corrected chi connectivity index (χ3v) is 5.27. The van der Waals surface area contributed by atoms with Gasteiger partial charge >= 0.3 is 0 Å². The van der Waals surface area contributed by atoms with Crippen molar-refractivity contribution in [3.05, 3.63) is 24.3 Å². The Balaban J connectivity index is 1.55. The predicted molar refractivity (Wildman–Crippen MR) is 97.1 cm³/mol. The van der Waals surface area contributed by atoms with Crippen molar-refractivity contribution in [1.82, 2.24) is 0 Å². The molecule has 1 saturated heterocycles. The van der Waals surface area contributed by atoms with Crippen molar-refractivity contribution in [2.45, 2.75) is 64.1 Å². The molecule has 3 N–H and O–H groups in total. The fraction of sp³-hybridized carbons (Fsp3) is 0.684. The molecule has 1 aliphatic heterocycles. The summed E-state index contributed by atoms with van der Waals surface area (Å²) in [5, 5.41) is 3.51. The number of morpholine rings is 1. The smallest absolute Gasteiger partial charge is 0.198 e. The maximum atomic E-state index is 14.4. The number of nitrogens with zero attached hydrogens (tertiary/aromatic N) is 1. The van der Waals surface area contributed by atoms with Crippen molar-refractivity contribution < 1.29 is 9.13 Å². The number of halogens is 1. The molecule has 134 valence electrons. The standard InChI is InChI=1S/C19H30FN3O/c1-13-12-23(19(20)14(2)24-13)18-9-7-17(8-10-18)22-11-15-3-5-16(21)6-4-15/h7-10,13-16,19,22H,3-6,11-12,21H2,1-2H3/t13-,14+,15?,16?,19?/m0/s1. The second kappa shape index (κ2) is 7.70. The van der Waals surface area contributed by atoms with Crippen LogP contribution < -0.4 is 16.0 Å². The topological polar surface area (TPSA) is 50.5 Å². The minimum atomic E-state index is -1.09. The Kier molecular flexibility index (Phi) is 5.61. The van der Waals surface area contributed by atoms with E-state index < -0.39 is 12.4 Å². The average molecular weight is 335 g/mol. The summed E-state index contributed by atoms with van der Waals surface area (Å²) in [6.07, 6.45) is 3.24. The van der Waals surface area contributed by atoms with Gasteiger partial charge in [0.2, 0.25) is 0 Å². The SMILES string of the molecule is C[C@H]1CN(c2ccc(NCC3CCC(N)CC3)cc2)C(F)[C@@H](C)O1. The van der Waals surface area contributed by atoms with Gasteiger partial charge in [0.25, 0.3) is 0 Å². The summed E-state index contributed by atoms with van der Waals surface area (Å²) in [5.41, 5.74) is 7.97. The number of nitrogens with two attached hydrogens (primary N) is 1. The van der Waals surface area contributed by atoms with E-state index in [1.807, 2.05) is 31.2 Å². The van der Waals surface area contributed by atoms with Gasteiger partial charge in [-0.2, -0.15) is 0 Å². The van der Waals surface area contributed by atoms with Gasteiger partial charge in [-0.1, -0.05) is 0 Å². The molecule has 1 unspecified atom stereocenters. The Morgan fingerprint density at radius 2 is 1.83 bits per heavy atom. The summed E-state index contributed by atoms with van der Waals surface area (Å²) in [6, 6.07) is 8.47. The second-order valence-corrected chi connectivity index (χ2v) is 7.39. The van der Waals surface area contributed by atoms with Crippen LogP contribution in [0.25, 0.3) is 0 Å². The Morgan fingerprint density at radius 1 is 1.17 bits per heavy atom. The average Bonchev–Trinajstić information content (AvgIpc) is 2.58. The lowest BCUT2D eigenvalue weighted by Crippen LogP contribution is -2.51. The predicted octanol–water partition coefficient (Wildman–Crippen LogP) is 3.53. The fourth-order valence-electron chi connectivity index (χ4n) is 3.78. The summed E-state index contributed by atoms with van der Waals surface area (Å²) in [6.45, 7) is 5.35. The molecule has 24 heavy (non-hydrogen) atoms. The molecule has 4 nitrogen and oxygen atoms in total. The molecule has 1 heterocycles. The quantitative estimate of drug-likeness (QED) is 0.827. The van der Waals surface area contributed by atoms with Gasteiger partial charge in [-0.05, 0) is 69.7 Å². The van der Waals surface area contributed by atoms with Crippen molar-refractivity contribution in [1.29, 1.82) is 0 Å². The van der Waals surface area contributed by atoms with E-state index in [1.54, 1.807) is 11.8 Å². The first-order chi connectivity index (χ1) is 11.5. The molecule has 3 rings (SSSR count). The van der Waals surface area contributed by atoms with Gasteiger partial charge in [0, 0.05) is 30.5 Å². The minimum Gasteiger partial charge on any atom is -0.385 e. The van der Waals surface area contributed by atoms with E-state index in [-0.39, 0.29) is 6.10 Å². The van der Waals surface area contributed by atoms with E-state index in [0.717, 1.165) is 30.8 Å². The van der Waals surface area contributed by atoms with E-state index in [9.17, 15) is 4.39 Å². The zero-order valence-electron chi connectivity index (χ0n) is 14.7. The highest BCUT2D eigenvalue weighted by Crippen LogP contribution is 2.28. The number of ether oxygens (including phenoxy) is 1. The van der Waals surface area contributed by atoms with Crippen LogP contribution in [0, 0.1) is 5.92 Å². The lowest BCUT2D eigenvalue weighted by Gasteiger charge is -2.39.